The summed E-state index contributed by atoms with van der Waals surface area (Å²) >= 11 is 0. The minimum absolute atomic E-state index is 0.0639. The van der Waals surface area contributed by atoms with E-state index in [1.54, 1.807) is 7.11 Å². The number of methoxy groups -OCH3 is 1. The van der Waals surface area contributed by atoms with Crippen LogP contribution in [0.2, 0.25) is 0 Å². The lowest BCUT2D eigenvalue weighted by molar-refractivity contribution is -0.141. The van der Waals surface area contributed by atoms with Crippen LogP contribution in [0, 0.1) is 5.92 Å². The molecule has 1 aliphatic rings. The Bertz CT molecular complexity index is 551. The molecule has 126 valence electrons. The van der Waals surface area contributed by atoms with Crippen LogP contribution in [0.4, 0.5) is 0 Å². The Hall–Kier alpha value is -2.04. The van der Waals surface area contributed by atoms with E-state index in [1.165, 1.54) is 0 Å². The predicted molar refractivity (Wildman–Crippen MR) is 89.3 cm³/mol. The van der Waals surface area contributed by atoms with E-state index in [9.17, 15) is 9.59 Å². The van der Waals surface area contributed by atoms with Crippen molar-refractivity contribution in [2.75, 3.05) is 33.3 Å². The van der Waals surface area contributed by atoms with Crippen molar-refractivity contribution in [1.82, 2.24) is 9.80 Å². The Labute approximate surface area is 138 Å². The standard InChI is InChI=1S/C18H26N2O3/c1-4-14(2)18(22)20-10-8-19(9-11-20)17(21)13-15-6-5-7-16(12-15)23-3/h5-7,12,14H,4,8-11,13H2,1-3H3/t14-/m0/s1. The molecular weight excluding hydrogens is 292 g/mol. The molecule has 2 amide bonds. The Balaban J connectivity index is 1.87. The molecule has 0 aliphatic carbocycles. The van der Waals surface area contributed by atoms with Gasteiger partial charge in [-0.05, 0) is 24.1 Å². The number of nitrogens with zero attached hydrogens (tertiary/aromatic N) is 2. The summed E-state index contributed by atoms with van der Waals surface area (Å²) in [5.41, 5.74) is 0.951. The van der Waals surface area contributed by atoms with Crippen LogP contribution in [0.15, 0.2) is 24.3 Å². The lowest BCUT2D eigenvalue weighted by Crippen LogP contribution is -2.52. The summed E-state index contributed by atoms with van der Waals surface area (Å²) in [5, 5.41) is 0. The van der Waals surface area contributed by atoms with Crippen LogP contribution in [0.1, 0.15) is 25.8 Å². The number of amides is 2. The highest BCUT2D eigenvalue weighted by Crippen LogP contribution is 2.15. The van der Waals surface area contributed by atoms with Gasteiger partial charge in [-0.1, -0.05) is 26.0 Å². The molecule has 0 unspecified atom stereocenters. The second-order valence-corrected chi connectivity index (χ2v) is 6.04. The molecular formula is C18H26N2O3. The first kappa shape index (κ1) is 17.3. The lowest BCUT2D eigenvalue weighted by atomic mass is 10.1. The molecule has 1 aromatic carbocycles. The van der Waals surface area contributed by atoms with Crippen molar-refractivity contribution in [3.05, 3.63) is 29.8 Å². The molecule has 0 saturated carbocycles. The summed E-state index contributed by atoms with van der Waals surface area (Å²) in [6.07, 6.45) is 1.23. The van der Waals surface area contributed by atoms with Gasteiger partial charge in [0.2, 0.25) is 11.8 Å². The number of piperazine rings is 1. The average Bonchev–Trinajstić information content (AvgIpc) is 2.60. The maximum atomic E-state index is 12.4. The monoisotopic (exact) mass is 318 g/mol. The van der Waals surface area contributed by atoms with Gasteiger partial charge in [-0.25, -0.2) is 0 Å². The van der Waals surface area contributed by atoms with Crippen molar-refractivity contribution < 1.29 is 14.3 Å². The van der Waals surface area contributed by atoms with Gasteiger partial charge in [-0.3, -0.25) is 9.59 Å². The third-order valence-corrected chi connectivity index (χ3v) is 4.47. The molecule has 23 heavy (non-hydrogen) atoms. The van der Waals surface area contributed by atoms with E-state index in [0.29, 0.717) is 32.6 Å². The molecule has 1 saturated heterocycles. The minimum atomic E-state index is 0.0639. The molecule has 0 N–H and O–H groups in total. The molecule has 5 nitrogen and oxygen atoms in total. The summed E-state index contributed by atoms with van der Waals surface area (Å²) in [4.78, 5) is 28.3. The molecule has 0 radical (unpaired) electrons. The van der Waals surface area contributed by atoms with E-state index in [0.717, 1.165) is 17.7 Å². The van der Waals surface area contributed by atoms with E-state index in [4.69, 9.17) is 4.74 Å². The summed E-state index contributed by atoms with van der Waals surface area (Å²) in [5.74, 6) is 1.13. The van der Waals surface area contributed by atoms with E-state index in [1.807, 2.05) is 47.9 Å². The first-order valence-corrected chi connectivity index (χ1v) is 8.24. The van der Waals surface area contributed by atoms with Gasteiger partial charge < -0.3 is 14.5 Å². The smallest absolute Gasteiger partial charge is 0.227 e. The van der Waals surface area contributed by atoms with Gasteiger partial charge in [0.05, 0.1) is 13.5 Å². The van der Waals surface area contributed by atoms with Crippen LogP contribution in [0.3, 0.4) is 0 Å². The number of hydrogen-bond acceptors (Lipinski definition) is 3. The fraction of sp³-hybridized carbons (Fsp3) is 0.556. The number of rotatable bonds is 5. The molecule has 0 aromatic heterocycles. The topological polar surface area (TPSA) is 49.9 Å². The Kier molecular flexibility index (Phi) is 6.02. The quantitative estimate of drug-likeness (QED) is 0.834. The van der Waals surface area contributed by atoms with Crippen LogP contribution in [0.25, 0.3) is 0 Å². The van der Waals surface area contributed by atoms with Crippen LogP contribution >= 0.6 is 0 Å². The van der Waals surface area contributed by atoms with Gasteiger partial charge in [0.15, 0.2) is 0 Å². The molecule has 1 fully saturated rings. The molecule has 1 aliphatic heterocycles. The SMILES string of the molecule is CC[C@H](C)C(=O)N1CCN(C(=O)Cc2cccc(OC)c2)CC1. The van der Waals surface area contributed by atoms with Gasteiger partial charge in [0, 0.05) is 32.1 Å². The fourth-order valence-electron chi connectivity index (χ4n) is 2.73. The predicted octanol–water partition coefficient (Wildman–Crippen LogP) is 1.95. The first-order chi connectivity index (χ1) is 11.0. The third-order valence-electron chi connectivity index (χ3n) is 4.47. The van der Waals surface area contributed by atoms with Crippen molar-refractivity contribution in [1.29, 1.82) is 0 Å². The van der Waals surface area contributed by atoms with E-state index < -0.39 is 0 Å². The zero-order valence-electron chi connectivity index (χ0n) is 14.2. The largest absolute Gasteiger partial charge is 0.497 e. The van der Waals surface area contributed by atoms with Gasteiger partial charge in [-0.2, -0.15) is 0 Å². The van der Waals surface area contributed by atoms with Gasteiger partial charge in [0.25, 0.3) is 0 Å². The normalized spacial score (nSPS) is 16.1. The third kappa shape index (κ3) is 4.47. The van der Waals surface area contributed by atoms with Crippen LogP contribution in [-0.4, -0.2) is 54.9 Å². The van der Waals surface area contributed by atoms with E-state index >= 15 is 0 Å². The van der Waals surface area contributed by atoms with E-state index in [2.05, 4.69) is 0 Å². The molecule has 5 heteroatoms. The number of carbonyl (C=O) groups excluding carboxylic acids is 2. The maximum absolute atomic E-state index is 12.4. The highest BCUT2D eigenvalue weighted by Gasteiger charge is 2.26. The van der Waals surface area contributed by atoms with Gasteiger partial charge >= 0.3 is 0 Å². The van der Waals surface area contributed by atoms with Crippen molar-refractivity contribution in [2.45, 2.75) is 26.7 Å². The van der Waals surface area contributed by atoms with Crippen LogP contribution in [-0.2, 0) is 16.0 Å². The molecule has 0 spiro atoms. The number of ether oxygens (including phenoxy) is 1. The molecule has 1 heterocycles. The van der Waals surface area contributed by atoms with E-state index in [-0.39, 0.29) is 17.7 Å². The lowest BCUT2D eigenvalue weighted by Gasteiger charge is -2.36. The van der Waals surface area contributed by atoms with Crippen molar-refractivity contribution >= 4 is 11.8 Å². The van der Waals surface area contributed by atoms with Gasteiger partial charge in [-0.15, -0.1) is 0 Å². The van der Waals surface area contributed by atoms with Gasteiger partial charge in [0.1, 0.15) is 5.75 Å². The number of benzene rings is 1. The summed E-state index contributed by atoms with van der Waals surface area (Å²) in [6, 6.07) is 7.58. The highest BCUT2D eigenvalue weighted by atomic mass is 16.5. The van der Waals surface area contributed by atoms with Crippen molar-refractivity contribution in [3.8, 4) is 5.75 Å². The molecule has 0 bridgehead atoms. The zero-order chi connectivity index (χ0) is 16.8. The Morgan fingerprint density at radius 2 is 1.83 bits per heavy atom. The minimum Gasteiger partial charge on any atom is -0.497 e. The maximum Gasteiger partial charge on any atom is 0.227 e. The number of hydrogen-bond donors (Lipinski definition) is 0. The second kappa shape index (κ2) is 7.99. The summed E-state index contributed by atoms with van der Waals surface area (Å²) < 4.78 is 5.19. The van der Waals surface area contributed by atoms with Crippen LogP contribution in [0.5, 0.6) is 5.75 Å². The molecule has 1 atom stereocenters. The number of carbonyl (C=O) groups is 2. The fourth-order valence-corrected chi connectivity index (χ4v) is 2.73. The van der Waals surface area contributed by atoms with Crippen molar-refractivity contribution in [3.63, 3.8) is 0 Å². The Morgan fingerprint density at radius 3 is 2.43 bits per heavy atom. The zero-order valence-corrected chi connectivity index (χ0v) is 14.2. The highest BCUT2D eigenvalue weighted by molar-refractivity contribution is 5.81. The van der Waals surface area contributed by atoms with Crippen LogP contribution < -0.4 is 4.74 Å². The molecule has 2 rings (SSSR count). The average molecular weight is 318 g/mol. The second-order valence-electron chi connectivity index (χ2n) is 6.04. The Morgan fingerprint density at radius 1 is 1.17 bits per heavy atom. The van der Waals surface area contributed by atoms with Crippen molar-refractivity contribution in [2.24, 2.45) is 5.92 Å². The first-order valence-electron chi connectivity index (χ1n) is 8.24. The summed E-state index contributed by atoms with van der Waals surface area (Å²) in [6.45, 7) is 6.48. The molecule has 1 aromatic rings. The summed E-state index contributed by atoms with van der Waals surface area (Å²) in [7, 11) is 1.62.